The van der Waals surface area contributed by atoms with E-state index in [1.165, 1.54) is 7.11 Å². The van der Waals surface area contributed by atoms with Crippen LogP contribution in [0.4, 0.5) is 11.4 Å². The van der Waals surface area contributed by atoms with E-state index in [9.17, 15) is 4.79 Å². The van der Waals surface area contributed by atoms with E-state index in [-0.39, 0.29) is 6.10 Å². The zero-order valence-electron chi connectivity index (χ0n) is 10.3. The van der Waals surface area contributed by atoms with E-state index in [4.69, 9.17) is 10.5 Å². The highest BCUT2D eigenvalue weighted by Gasteiger charge is 2.10. The van der Waals surface area contributed by atoms with Crippen molar-refractivity contribution < 1.29 is 14.3 Å². The summed E-state index contributed by atoms with van der Waals surface area (Å²) in [5.74, 6) is -0.439. The highest BCUT2D eigenvalue weighted by molar-refractivity contribution is 5.96. The van der Waals surface area contributed by atoms with Crippen LogP contribution in [0.3, 0.4) is 0 Å². The Morgan fingerprint density at radius 1 is 1.47 bits per heavy atom. The molecule has 17 heavy (non-hydrogen) atoms. The highest BCUT2D eigenvalue weighted by Crippen LogP contribution is 2.18. The van der Waals surface area contributed by atoms with Gasteiger partial charge in [0, 0.05) is 25.0 Å². The molecule has 1 aromatic carbocycles. The lowest BCUT2D eigenvalue weighted by atomic mass is 10.1. The number of nitrogens with one attached hydrogen (secondary N) is 1. The number of anilines is 2. The summed E-state index contributed by atoms with van der Waals surface area (Å²) in [6, 6.07) is 5.15. The number of hydrogen-bond donors (Lipinski definition) is 2. The van der Waals surface area contributed by atoms with Crippen molar-refractivity contribution in [2.45, 2.75) is 13.0 Å². The first-order chi connectivity index (χ1) is 8.08. The minimum Gasteiger partial charge on any atom is -0.465 e. The molecule has 0 saturated heterocycles. The first-order valence-electron chi connectivity index (χ1n) is 5.33. The normalized spacial score (nSPS) is 11.9. The van der Waals surface area contributed by atoms with Gasteiger partial charge in [-0.25, -0.2) is 4.79 Å². The summed E-state index contributed by atoms with van der Waals surface area (Å²) in [5.41, 5.74) is 7.27. The molecule has 0 radical (unpaired) electrons. The number of rotatable bonds is 5. The van der Waals surface area contributed by atoms with Crippen molar-refractivity contribution in [3.8, 4) is 0 Å². The lowest BCUT2D eigenvalue weighted by Gasteiger charge is -2.13. The second-order valence-electron chi connectivity index (χ2n) is 3.72. The van der Waals surface area contributed by atoms with Gasteiger partial charge in [0.1, 0.15) is 0 Å². The van der Waals surface area contributed by atoms with Gasteiger partial charge in [0.2, 0.25) is 0 Å². The number of methoxy groups -OCH3 is 2. The van der Waals surface area contributed by atoms with Crippen LogP contribution in [-0.4, -0.2) is 32.8 Å². The third-order valence-electron chi connectivity index (χ3n) is 2.45. The summed E-state index contributed by atoms with van der Waals surface area (Å²) < 4.78 is 9.76. The molecule has 0 aliphatic rings. The average Bonchev–Trinajstić information content (AvgIpc) is 2.36. The Morgan fingerprint density at radius 3 is 2.76 bits per heavy atom. The monoisotopic (exact) mass is 238 g/mol. The predicted molar refractivity (Wildman–Crippen MR) is 67.2 cm³/mol. The molecule has 3 N–H and O–H groups in total. The van der Waals surface area contributed by atoms with Crippen LogP contribution in [0, 0.1) is 0 Å². The molecular formula is C12H18N2O3. The second kappa shape index (κ2) is 6.10. The number of nitrogens with two attached hydrogens (primary N) is 1. The minimum absolute atomic E-state index is 0.0918. The summed E-state index contributed by atoms with van der Waals surface area (Å²) in [6.07, 6.45) is 0.0918. The van der Waals surface area contributed by atoms with E-state index in [0.29, 0.717) is 17.8 Å². The minimum atomic E-state index is -0.439. The Morgan fingerprint density at radius 2 is 2.18 bits per heavy atom. The topological polar surface area (TPSA) is 73.6 Å². The largest absolute Gasteiger partial charge is 0.465 e. The van der Waals surface area contributed by atoms with Crippen molar-refractivity contribution in [2.75, 3.05) is 31.8 Å². The van der Waals surface area contributed by atoms with Crippen molar-refractivity contribution in [3.05, 3.63) is 23.8 Å². The summed E-state index contributed by atoms with van der Waals surface area (Å²) in [4.78, 5) is 11.4. The maximum absolute atomic E-state index is 11.4. The fourth-order valence-corrected chi connectivity index (χ4v) is 1.30. The van der Waals surface area contributed by atoms with E-state index in [1.807, 2.05) is 13.0 Å². The van der Waals surface area contributed by atoms with Crippen LogP contribution in [0.1, 0.15) is 17.3 Å². The van der Waals surface area contributed by atoms with Gasteiger partial charge in [-0.1, -0.05) is 0 Å². The number of carbonyl (C=O) groups excluding carboxylic acids is 1. The molecule has 0 aliphatic heterocycles. The molecule has 0 amide bonds. The van der Waals surface area contributed by atoms with Gasteiger partial charge >= 0.3 is 5.97 Å². The van der Waals surface area contributed by atoms with Gasteiger partial charge in [0.05, 0.1) is 18.8 Å². The van der Waals surface area contributed by atoms with Gasteiger partial charge in [0.15, 0.2) is 0 Å². The maximum atomic E-state index is 11.4. The Hall–Kier alpha value is -1.75. The van der Waals surface area contributed by atoms with Crippen LogP contribution in [0.25, 0.3) is 0 Å². The number of benzene rings is 1. The Kier molecular flexibility index (Phi) is 4.78. The third-order valence-corrected chi connectivity index (χ3v) is 2.45. The molecule has 0 spiro atoms. The summed E-state index contributed by atoms with van der Waals surface area (Å²) >= 11 is 0. The predicted octanol–water partition coefficient (Wildman–Crippen LogP) is 1.50. The SMILES string of the molecule is COC(=O)c1cc(NCC(C)OC)ccc1N. The van der Waals surface area contributed by atoms with Gasteiger partial charge in [-0.2, -0.15) is 0 Å². The third kappa shape index (κ3) is 3.64. The number of ether oxygens (including phenoxy) is 2. The van der Waals surface area contributed by atoms with E-state index in [2.05, 4.69) is 10.1 Å². The molecule has 1 aromatic rings. The standard InChI is InChI=1S/C12H18N2O3/c1-8(16-2)7-14-9-4-5-11(13)10(6-9)12(15)17-3/h4-6,8,14H,7,13H2,1-3H3. The van der Waals surface area contributed by atoms with E-state index in [0.717, 1.165) is 5.69 Å². The molecule has 0 bridgehead atoms. The molecule has 0 heterocycles. The van der Waals surface area contributed by atoms with Crippen molar-refractivity contribution >= 4 is 17.3 Å². The van der Waals surface area contributed by atoms with Crippen LogP contribution in [-0.2, 0) is 9.47 Å². The van der Waals surface area contributed by atoms with Crippen molar-refractivity contribution in [3.63, 3.8) is 0 Å². The average molecular weight is 238 g/mol. The fourth-order valence-electron chi connectivity index (χ4n) is 1.30. The Balaban J connectivity index is 2.78. The van der Waals surface area contributed by atoms with Crippen LogP contribution in [0.2, 0.25) is 0 Å². The molecule has 0 aromatic heterocycles. The smallest absolute Gasteiger partial charge is 0.340 e. The fraction of sp³-hybridized carbons (Fsp3) is 0.417. The molecule has 1 unspecified atom stereocenters. The lowest BCUT2D eigenvalue weighted by Crippen LogP contribution is -2.18. The van der Waals surface area contributed by atoms with Crippen LogP contribution >= 0.6 is 0 Å². The summed E-state index contributed by atoms with van der Waals surface area (Å²) in [6.45, 7) is 2.60. The first kappa shape index (κ1) is 13.3. The van der Waals surface area contributed by atoms with Crippen molar-refractivity contribution in [1.82, 2.24) is 0 Å². The highest BCUT2D eigenvalue weighted by atomic mass is 16.5. The number of hydrogen-bond acceptors (Lipinski definition) is 5. The molecule has 1 atom stereocenters. The number of nitrogen functional groups attached to an aromatic ring is 1. The molecule has 5 nitrogen and oxygen atoms in total. The molecule has 0 fully saturated rings. The molecular weight excluding hydrogens is 220 g/mol. The second-order valence-corrected chi connectivity index (χ2v) is 3.72. The van der Waals surface area contributed by atoms with Crippen LogP contribution in [0.15, 0.2) is 18.2 Å². The van der Waals surface area contributed by atoms with Crippen LogP contribution in [0.5, 0.6) is 0 Å². The van der Waals surface area contributed by atoms with E-state index >= 15 is 0 Å². The quantitative estimate of drug-likeness (QED) is 0.600. The number of carbonyl (C=O) groups is 1. The van der Waals surface area contributed by atoms with Gasteiger partial charge in [-0.15, -0.1) is 0 Å². The molecule has 0 saturated carbocycles. The summed E-state index contributed by atoms with van der Waals surface area (Å²) in [5, 5.41) is 3.15. The first-order valence-corrected chi connectivity index (χ1v) is 5.33. The van der Waals surface area contributed by atoms with E-state index in [1.54, 1.807) is 19.2 Å². The zero-order chi connectivity index (χ0) is 12.8. The Bertz CT molecular complexity index is 393. The molecule has 1 rings (SSSR count). The van der Waals surface area contributed by atoms with Gasteiger partial charge < -0.3 is 20.5 Å². The lowest BCUT2D eigenvalue weighted by molar-refractivity contribution is 0.0602. The van der Waals surface area contributed by atoms with E-state index < -0.39 is 5.97 Å². The van der Waals surface area contributed by atoms with Gasteiger partial charge in [-0.3, -0.25) is 0 Å². The van der Waals surface area contributed by atoms with Gasteiger partial charge in [-0.05, 0) is 25.1 Å². The van der Waals surface area contributed by atoms with Gasteiger partial charge in [0.25, 0.3) is 0 Å². The number of esters is 1. The van der Waals surface area contributed by atoms with Crippen LogP contribution < -0.4 is 11.1 Å². The summed E-state index contributed by atoms with van der Waals surface area (Å²) in [7, 11) is 2.98. The molecule has 0 aliphatic carbocycles. The Labute approximate surface area is 101 Å². The van der Waals surface area contributed by atoms with Crippen molar-refractivity contribution in [2.24, 2.45) is 0 Å². The van der Waals surface area contributed by atoms with Crippen molar-refractivity contribution in [1.29, 1.82) is 0 Å². The maximum Gasteiger partial charge on any atom is 0.340 e. The molecule has 94 valence electrons. The molecule has 5 heteroatoms. The zero-order valence-corrected chi connectivity index (χ0v) is 10.3.